The van der Waals surface area contributed by atoms with Crippen molar-refractivity contribution in [1.82, 2.24) is 0 Å². The van der Waals surface area contributed by atoms with Crippen molar-refractivity contribution in [2.75, 3.05) is 0 Å². The standard InChI is InChI=1S/C16H30BS.Li/c1-13(2)9-17(10-14(3)4,11-15(5)6)16-7-8-18-12-16;/h7-8,12-15H,9-11H2,1-6H3;/q-1;+1. The maximum atomic E-state index is 2.41. The van der Waals surface area contributed by atoms with Gasteiger partial charge in [-0.2, -0.15) is 35.8 Å². The molecule has 0 amide bonds. The van der Waals surface area contributed by atoms with E-state index in [2.05, 4.69) is 58.4 Å². The van der Waals surface area contributed by atoms with Gasteiger partial charge < -0.3 is 0 Å². The first kappa shape index (κ1) is 19.4. The van der Waals surface area contributed by atoms with Gasteiger partial charge in [0.2, 0.25) is 0 Å². The number of rotatable bonds is 7. The van der Waals surface area contributed by atoms with E-state index in [9.17, 15) is 0 Å². The zero-order valence-corrected chi connectivity index (χ0v) is 14.9. The maximum absolute atomic E-state index is 2.41. The first-order valence-corrected chi connectivity index (χ1v) is 8.53. The molecule has 0 aliphatic heterocycles. The molecule has 0 unspecified atom stereocenters. The molecule has 0 N–H and O–H groups in total. The van der Waals surface area contributed by atoms with Gasteiger partial charge >= 0.3 is 18.9 Å². The third kappa shape index (κ3) is 6.11. The largest absolute Gasteiger partial charge is 1.00 e. The van der Waals surface area contributed by atoms with E-state index in [1.165, 1.54) is 19.0 Å². The van der Waals surface area contributed by atoms with E-state index in [-0.39, 0.29) is 25.0 Å². The van der Waals surface area contributed by atoms with Crippen LogP contribution in [0.2, 0.25) is 19.0 Å². The summed E-state index contributed by atoms with van der Waals surface area (Å²) in [5.74, 6) is 2.38. The van der Waals surface area contributed by atoms with E-state index in [4.69, 9.17) is 0 Å². The van der Waals surface area contributed by atoms with Gasteiger partial charge in [0, 0.05) is 6.15 Å². The predicted octanol–water partition coefficient (Wildman–Crippen LogP) is 2.38. The molecule has 104 valence electrons. The van der Waals surface area contributed by atoms with Crippen LogP contribution in [0.25, 0.3) is 0 Å². The molecule has 1 rings (SSSR count). The summed E-state index contributed by atoms with van der Waals surface area (Å²) in [6.07, 6.45) is 3.78. The van der Waals surface area contributed by atoms with E-state index in [0.29, 0.717) is 0 Å². The second-order valence-corrected chi connectivity index (χ2v) is 8.20. The van der Waals surface area contributed by atoms with Crippen LogP contribution in [0.4, 0.5) is 0 Å². The van der Waals surface area contributed by atoms with E-state index >= 15 is 0 Å². The Bertz CT molecular complexity index is 304. The van der Waals surface area contributed by atoms with E-state index in [0.717, 1.165) is 17.8 Å². The van der Waals surface area contributed by atoms with Crippen molar-refractivity contribution in [3.8, 4) is 0 Å². The van der Waals surface area contributed by atoms with Gasteiger partial charge in [-0.05, 0) is 10.8 Å². The molecule has 0 nitrogen and oxygen atoms in total. The van der Waals surface area contributed by atoms with E-state index in [1.54, 1.807) is 5.46 Å². The summed E-state index contributed by atoms with van der Waals surface area (Å²) >= 11 is 1.86. The minimum Gasteiger partial charge on any atom is -0.199 e. The minimum absolute atomic E-state index is 0. The molecule has 19 heavy (non-hydrogen) atoms. The van der Waals surface area contributed by atoms with Gasteiger partial charge in [-0.3, -0.25) is 0 Å². The molecular formula is C16H30BLiS. The van der Waals surface area contributed by atoms with E-state index in [1.807, 2.05) is 11.3 Å². The molecule has 0 aliphatic rings. The van der Waals surface area contributed by atoms with Crippen LogP contribution in [0.5, 0.6) is 0 Å². The zero-order valence-electron chi connectivity index (χ0n) is 14.1. The van der Waals surface area contributed by atoms with Crippen LogP contribution in [-0.2, 0) is 0 Å². The summed E-state index contributed by atoms with van der Waals surface area (Å²) in [4.78, 5) is 0. The molecule has 1 heterocycles. The molecule has 0 bridgehead atoms. The Kier molecular flexibility index (Phi) is 8.77. The van der Waals surface area contributed by atoms with Crippen molar-refractivity contribution in [3.63, 3.8) is 0 Å². The summed E-state index contributed by atoms with van der Waals surface area (Å²) in [7, 11) is 0. The summed E-state index contributed by atoms with van der Waals surface area (Å²) in [6.45, 7) is 14.3. The SMILES string of the molecule is CC(C)C[B-](CC(C)C)(CC(C)C)c1ccsc1.[Li+]. The van der Waals surface area contributed by atoms with Crippen LogP contribution in [0.3, 0.4) is 0 Å². The molecule has 0 fully saturated rings. The third-order valence-corrected chi connectivity index (χ3v) is 4.72. The fourth-order valence-corrected chi connectivity index (χ4v) is 4.87. The minimum atomic E-state index is -0.365. The first-order valence-electron chi connectivity index (χ1n) is 7.58. The molecule has 0 aromatic carbocycles. The number of hydrogen-bond donors (Lipinski definition) is 0. The molecule has 0 atom stereocenters. The Hall–Kier alpha value is 0.362. The van der Waals surface area contributed by atoms with Crippen LogP contribution in [0.15, 0.2) is 16.8 Å². The van der Waals surface area contributed by atoms with Crippen LogP contribution in [0.1, 0.15) is 41.5 Å². The van der Waals surface area contributed by atoms with Crippen molar-refractivity contribution >= 4 is 22.9 Å². The van der Waals surface area contributed by atoms with Crippen LogP contribution in [0, 0.1) is 17.8 Å². The average Bonchev–Trinajstić information content (AvgIpc) is 2.65. The van der Waals surface area contributed by atoms with Gasteiger partial charge in [0.05, 0.1) is 0 Å². The molecule has 0 aliphatic carbocycles. The van der Waals surface area contributed by atoms with Crippen LogP contribution in [-0.4, -0.2) is 6.15 Å². The van der Waals surface area contributed by atoms with Gasteiger partial charge in [-0.25, -0.2) is 0 Å². The predicted molar refractivity (Wildman–Crippen MR) is 88.6 cm³/mol. The summed E-state index contributed by atoms with van der Waals surface area (Å²) in [5.41, 5.74) is 1.65. The van der Waals surface area contributed by atoms with Gasteiger partial charge in [0.15, 0.2) is 0 Å². The molecule has 1 aromatic heterocycles. The molecule has 0 saturated heterocycles. The fraction of sp³-hybridized carbons (Fsp3) is 0.750. The van der Waals surface area contributed by atoms with Crippen molar-refractivity contribution < 1.29 is 18.9 Å². The number of thiophene rings is 1. The molecule has 0 radical (unpaired) electrons. The monoisotopic (exact) mass is 272 g/mol. The average molecular weight is 272 g/mol. The second-order valence-electron chi connectivity index (χ2n) is 7.42. The molecule has 0 spiro atoms. The Labute approximate surface area is 136 Å². The Morgan fingerprint density at radius 1 is 0.895 bits per heavy atom. The molecule has 0 saturated carbocycles. The van der Waals surface area contributed by atoms with Crippen molar-refractivity contribution in [2.45, 2.75) is 60.5 Å². The second kappa shape index (κ2) is 8.61. The molecule has 3 heteroatoms. The maximum Gasteiger partial charge on any atom is 1.00 e. The Morgan fingerprint density at radius 2 is 1.32 bits per heavy atom. The number of hydrogen-bond acceptors (Lipinski definition) is 1. The van der Waals surface area contributed by atoms with Crippen molar-refractivity contribution in [1.29, 1.82) is 0 Å². The van der Waals surface area contributed by atoms with Gasteiger partial charge in [-0.1, -0.05) is 65.4 Å². The van der Waals surface area contributed by atoms with Gasteiger partial charge in [0.1, 0.15) is 0 Å². The normalized spacial score (nSPS) is 12.3. The Morgan fingerprint density at radius 3 is 1.58 bits per heavy atom. The van der Waals surface area contributed by atoms with Gasteiger partial charge in [0.25, 0.3) is 0 Å². The van der Waals surface area contributed by atoms with Crippen LogP contribution >= 0.6 is 11.3 Å². The van der Waals surface area contributed by atoms with Crippen LogP contribution < -0.4 is 24.3 Å². The van der Waals surface area contributed by atoms with Crippen molar-refractivity contribution in [2.24, 2.45) is 17.8 Å². The fourth-order valence-electron chi connectivity index (χ4n) is 4.03. The summed E-state index contributed by atoms with van der Waals surface area (Å²) in [5, 5.41) is 4.67. The first-order chi connectivity index (χ1) is 8.35. The summed E-state index contributed by atoms with van der Waals surface area (Å²) < 4.78 is 0. The molecule has 1 aromatic rings. The topological polar surface area (TPSA) is 0 Å². The van der Waals surface area contributed by atoms with E-state index < -0.39 is 0 Å². The smallest absolute Gasteiger partial charge is 0.199 e. The quantitative estimate of drug-likeness (QED) is 0.669. The zero-order chi connectivity index (χ0) is 13.8. The Balaban J connectivity index is 0.00000324. The van der Waals surface area contributed by atoms with Crippen molar-refractivity contribution in [3.05, 3.63) is 16.8 Å². The molecular weight excluding hydrogens is 242 g/mol. The van der Waals surface area contributed by atoms with Gasteiger partial charge in [-0.15, -0.1) is 0 Å². The summed E-state index contributed by atoms with van der Waals surface area (Å²) in [6, 6.07) is 2.39. The third-order valence-electron chi connectivity index (χ3n) is 4.02.